The van der Waals surface area contributed by atoms with Crippen LogP contribution < -0.4 is 10.8 Å². The smallest absolute Gasteiger partial charge is 0.248 e. The standard InChI is InChI=1S/C8H18N2O2/c1-4-5-7(6(2)9-3)8(11)10-12/h6-7,9,12H,4-5H2,1-3H3,(H,10,11)/t6-,7-/m1/s1. The van der Waals surface area contributed by atoms with Crippen molar-refractivity contribution in [3.63, 3.8) is 0 Å². The quantitative estimate of drug-likeness (QED) is 0.420. The predicted octanol–water partition coefficient (Wildman–Crippen LogP) is 0.516. The van der Waals surface area contributed by atoms with Gasteiger partial charge in [-0.15, -0.1) is 0 Å². The van der Waals surface area contributed by atoms with E-state index in [-0.39, 0.29) is 17.9 Å². The number of hydrogen-bond acceptors (Lipinski definition) is 3. The van der Waals surface area contributed by atoms with Crippen molar-refractivity contribution in [2.75, 3.05) is 7.05 Å². The van der Waals surface area contributed by atoms with Crippen molar-refractivity contribution in [2.24, 2.45) is 5.92 Å². The van der Waals surface area contributed by atoms with Gasteiger partial charge in [0.1, 0.15) is 0 Å². The maximum Gasteiger partial charge on any atom is 0.248 e. The Morgan fingerprint density at radius 1 is 1.58 bits per heavy atom. The van der Waals surface area contributed by atoms with Gasteiger partial charge < -0.3 is 5.32 Å². The molecule has 2 atom stereocenters. The minimum absolute atomic E-state index is 0.0945. The molecule has 0 rings (SSSR count). The highest BCUT2D eigenvalue weighted by Crippen LogP contribution is 2.10. The fraction of sp³-hybridized carbons (Fsp3) is 0.875. The molecule has 0 radical (unpaired) electrons. The lowest BCUT2D eigenvalue weighted by Crippen LogP contribution is -2.40. The van der Waals surface area contributed by atoms with Gasteiger partial charge in [0.2, 0.25) is 5.91 Å². The van der Waals surface area contributed by atoms with Gasteiger partial charge in [0.05, 0.1) is 5.92 Å². The van der Waals surface area contributed by atoms with Crippen molar-refractivity contribution in [2.45, 2.75) is 32.7 Å². The Bertz CT molecular complexity index is 139. The molecule has 0 aromatic rings. The van der Waals surface area contributed by atoms with E-state index < -0.39 is 0 Å². The maximum absolute atomic E-state index is 11.1. The van der Waals surface area contributed by atoms with E-state index in [1.165, 1.54) is 0 Å². The summed E-state index contributed by atoms with van der Waals surface area (Å²) in [5.41, 5.74) is 1.69. The second kappa shape index (κ2) is 5.97. The summed E-state index contributed by atoms with van der Waals surface area (Å²) in [5.74, 6) is -0.455. The van der Waals surface area contributed by atoms with Crippen molar-refractivity contribution in [3.05, 3.63) is 0 Å². The predicted molar refractivity (Wildman–Crippen MR) is 46.8 cm³/mol. The molecule has 3 N–H and O–H groups in total. The first-order valence-corrected chi connectivity index (χ1v) is 4.28. The van der Waals surface area contributed by atoms with Crippen LogP contribution in [0.5, 0.6) is 0 Å². The molecule has 0 aliphatic carbocycles. The first kappa shape index (κ1) is 11.4. The van der Waals surface area contributed by atoms with Crippen LogP contribution in [0.25, 0.3) is 0 Å². The summed E-state index contributed by atoms with van der Waals surface area (Å²) in [4.78, 5) is 11.1. The minimum atomic E-state index is -0.307. The van der Waals surface area contributed by atoms with E-state index >= 15 is 0 Å². The normalized spacial score (nSPS) is 15.3. The van der Waals surface area contributed by atoms with Crippen molar-refractivity contribution >= 4 is 5.91 Å². The molecule has 0 unspecified atom stereocenters. The highest BCUT2D eigenvalue weighted by Gasteiger charge is 2.22. The summed E-state index contributed by atoms with van der Waals surface area (Å²) in [6.07, 6.45) is 1.72. The Morgan fingerprint density at radius 2 is 2.17 bits per heavy atom. The third-order valence-corrected chi connectivity index (χ3v) is 2.11. The molecule has 0 bridgehead atoms. The maximum atomic E-state index is 11.1. The van der Waals surface area contributed by atoms with Crippen LogP contribution in [0.2, 0.25) is 0 Å². The van der Waals surface area contributed by atoms with Crippen molar-refractivity contribution in [3.8, 4) is 0 Å². The van der Waals surface area contributed by atoms with Crippen molar-refractivity contribution < 1.29 is 10.0 Å². The topological polar surface area (TPSA) is 61.4 Å². The second-order valence-corrected chi connectivity index (χ2v) is 2.95. The summed E-state index contributed by atoms with van der Waals surface area (Å²) >= 11 is 0. The van der Waals surface area contributed by atoms with Gasteiger partial charge in [-0.2, -0.15) is 0 Å². The number of hydroxylamine groups is 1. The SMILES string of the molecule is CCC[C@@H](C(=O)NO)[C@@H](C)NC. The first-order chi connectivity index (χ1) is 5.67. The number of carbonyl (C=O) groups excluding carboxylic acids is 1. The second-order valence-electron chi connectivity index (χ2n) is 2.95. The average molecular weight is 174 g/mol. The molecule has 0 aromatic carbocycles. The molecule has 0 saturated heterocycles. The number of amides is 1. The Kier molecular flexibility index (Phi) is 5.66. The van der Waals surface area contributed by atoms with Crippen LogP contribution in [-0.4, -0.2) is 24.2 Å². The lowest BCUT2D eigenvalue weighted by Gasteiger charge is -2.20. The molecular weight excluding hydrogens is 156 g/mol. The van der Waals surface area contributed by atoms with E-state index in [0.29, 0.717) is 0 Å². The first-order valence-electron chi connectivity index (χ1n) is 4.28. The summed E-state index contributed by atoms with van der Waals surface area (Å²) in [6, 6.07) is 0.0945. The molecule has 4 nitrogen and oxygen atoms in total. The van der Waals surface area contributed by atoms with Gasteiger partial charge in [0, 0.05) is 6.04 Å². The van der Waals surface area contributed by atoms with Gasteiger partial charge in [0.15, 0.2) is 0 Å². The molecule has 1 amide bonds. The molecule has 0 aliphatic heterocycles. The van der Waals surface area contributed by atoms with E-state index in [4.69, 9.17) is 5.21 Å². The molecule has 0 spiro atoms. The van der Waals surface area contributed by atoms with E-state index in [1.807, 2.05) is 13.8 Å². The molecule has 0 aliphatic rings. The van der Waals surface area contributed by atoms with Crippen molar-refractivity contribution in [1.82, 2.24) is 10.8 Å². The number of rotatable bonds is 5. The van der Waals surface area contributed by atoms with Crippen LogP contribution in [0.4, 0.5) is 0 Å². The zero-order valence-corrected chi connectivity index (χ0v) is 7.92. The average Bonchev–Trinajstić information content (AvgIpc) is 2.11. The van der Waals surface area contributed by atoms with Crippen LogP contribution in [-0.2, 0) is 4.79 Å². The molecule has 12 heavy (non-hydrogen) atoms. The third kappa shape index (κ3) is 3.19. The van der Waals surface area contributed by atoms with E-state index in [0.717, 1.165) is 12.8 Å². The number of carbonyl (C=O) groups is 1. The highest BCUT2D eigenvalue weighted by atomic mass is 16.5. The molecule has 0 saturated carbocycles. The zero-order valence-electron chi connectivity index (χ0n) is 7.92. The van der Waals surface area contributed by atoms with Gasteiger partial charge in [-0.05, 0) is 20.4 Å². The van der Waals surface area contributed by atoms with Crippen LogP contribution in [0.1, 0.15) is 26.7 Å². The van der Waals surface area contributed by atoms with Crippen LogP contribution in [0.3, 0.4) is 0 Å². The van der Waals surface area contributed by atoms with Gasteiger partial charge >= 0.3 is 0 Å². The molecule has 0 heterocycles. The fourth-order valence-corrected chi connectivity index (χ4v) is 1.20. The lowest BCUT2D eigenvalue weighted by molar-refractivity contribution is -0.134. The molecule has 4 heteroatoms. The zero-order chi connectivity index (χ0) is 9.56. The van der Waals surface area contributed by atoms with Crippen LogP contribution in [0.15, 0.2) is 0 Å². The molecular formula is C8H18N2O2. The van der Waals surface area contributed by atoms with Gasteiger partial charge in [-0.3, -0.25) is 10.0 Å². The van der Waals surface area contributed by atoms with Crippen LogP contribution in [0, 0.1) is 5.92 Å². The number of hydrogen-bond donors (Lipinski definition) is 3. The summed E-state index contributed by atoms with van der Waals surface area (Å²) < 4.78 is 0. The van der Waals surface area contributed by atoms with Crippen molar-refractivity contribution in [1.29, 1.82) is 0 Å². The Labute approximate surface area is 73.3 Å². The fourth-order valence-electron chi connectivity index (χ4n) is 1.20. The Hall–Kier alpha value is -0.610. The van der Waals surface area contributed by atoms with Gasteiger partial charge in [-0.1, -0.05) is 13.3 Å². The Morgan fingerprint density at radius 3 is 2.50 bits per heavy atom. The van der Waals surface area contributed by atoms with E-state index in [2.05, 4.69) is 5.32 Å². The largest absolute Gasteiger partial charge is 0.316 e. The molecule has 72 valence electrons. The van der Waals surface area contributed by atoms with Gasteiger partial charge in [0.25, 0.3) is 0 Å². The Balaban J connectivity index is 4.11. The lowest BCUT2D eigenvalue weighted by atomic mass is 9.95. The summed E-state index contributed by atoms with van der Waals surface area (Å²) in [6.45, 7) is 3.94. The minimum Gasteiger partial charge on any atom is -0.316 e. The highest BCUT2D eigenvalue weighted by molar-refractivity contribution is 5.78. The molecule has 0 aromatic heterocycles. The third-order valence-electron chi connectivity index (χ3n) is 2.11. The summed E-state index contributed by atoms with van der Waals surface area (Å²) in [7, 11) is 1.80. The van der Waals surface area contributed by atoms with Gasteiger partial charge in [-0.25, -0.2) is 5.48 Å². The van der Waals surface area contributed by atoms with E-state index in [1.54, 1.807) is 12.5 Å². The summed E-state index contributed by atoms with van der Waals surface area (Å²) in [5, 5.41) is 11.4. The monoisotopic (exact) mass is 174 g/mol. The van der Waals surface area contributed by atoms with Crippen LogP contribution >= 0.6 is 0 Å². The van der Waals surface area contributed by atoms with E-state index in [9.17, 15) is 4.79 Å². The number of nitrogens with one attached hydrogen (secondary N) is 2. The molecule has 0 fully saturated rings.